The third-order valence-electron chi connectivity index (χ3n) is 5.28. The molecule has 2 atom stereocenters. The lowest BCUT2D eigenvalue weighted by Gasteiger charge is -2.31. The number of amides is 1. The zero-order valence-electron chi connectivity index (χ0n) is 15.0. The van der Waals surface area contributed by atoms with Crippen molar-refractivity contribution in [1.29, 1.82) is 0 Å². The summed E-state index contributed by atoms with van der Waals surface area (Å²) in [5.74, 6) is 1.19. The van der Waals surface area contributed by atoms with E-state index in [4.69, 9.17) is 10.5 Å². The maximum absolute atomic E-state index is 12.7. The quantitative estimate of drug-likeness (QED) is 0.824. The summed E-state index contributed by atoms with van der Waals surface area (Å²) in [6, 6.07) is 12.1. The number of fused-ring (bicyclic) bond motifs is 1. The van der Waals surface area contributed by atoms with Crippen molar-refractivity contribution in [3.63, 3.8) is 0 Å². The average molecular weight is 363 g/mol. The third-order valence-corrected chi connectivity index (χ3v) is 5.28. The van der Waals surface area contributed by atoms with Gasteiger partial charge in [-0.1, -0.05) is 24.3 Å². The summed E-state index contributed by atoms with van der Waals surface area (Å²) in [5, 5.41) is 5.40. The number of nitrogens with two attached hydrogens (primary N) is 1. The minimum absolute atomic E-state index is 0. The van der Waals surface area contributed by atoms with Crippen LogP contribution in [0.3, 0.4) is 0 Å². The molecule has 2 aromatic rings. The highest BCUT2D eigenvalue weighted by Gasteiger charge is 2.42. The molecule has 5 heteroatoms. The van der Waals surface area contributed by atoms with Crippen LogP contribution in [0.5, 0.6) is 5.75 Å². The number of methoxy groups -OCH3 is 1. The Hall–Kier alpha value is -1.78. The van der Waals surface area contributed by atoms with Gasteiger partial charge in [0.1, 0.15) is 5.75 Å². The highest BCUT2D eigenvalue weighted by Crippen LogP contribution is 2.39. The van der Waals surface area contributed by atoms with E-state index in [-0.39, 0.29) is 29.8 Å². The van der Waals surface area contributed by atoms with Gasteiger partial charge in [-0.2, -0.15) is 0 Å². The molecule has 0 aromatic heterocycles. The lowest BCUT2D eigenvalue weighted by Crippen LogP contribution is -2.54. The Bertz CT molecular complexity index is 760. The number of nitrogens with one attached hydrogen (secondary N) is 1. The molecular weight excluding hydrogens is 336 g/mol. The number of benzene rings is 2. The summed E-state index contributed by atoms with van der Waals surface area (Å²) in [5.41, 5.74) is 6.64. The van der Waals surface area contributed by atoms with E-state index in [1.807, 2.05) is 37.3 Å². The molecule has 0 radical (unpaired) electrons. The van der Waals surface area contributed by atoms with Crippen LogP contribution >= 0.6 is 12.4 Å². The molecule has 1 aliphatic carbocycles. The molecule has 0 spiro atoms. The van der Waals surface area contributed by atoms with Crippen LogP contribution in [-0.2, 0) is 4.79 Å². The molecule has 0 heterocycles. The Kier molecular flexibility index (Phi) is 5.96. The van der Waals surface area contributed by atoms with E-state index < -0.39 is 0 Å². The van der Waals surface area contributed by atoms with Gasteiger partial charge in [0.15, 0.2) is 0 Å². The predicted molar refractivity (Wildman–Crippen MR) is 104 cm³/mol. The van der Waals surface area contributed by atoms with Gasteiger partial charge in [-0.25, -0.2) is 0 Å². The minimum atomic E-state index is -0.282. The second kappa shape index (κ2) is 7.63. The Morgan fingerprint density at radius 2 is 1.92 bits per heavy atom. The van der Waals surface area contributed by atoms with Gasteiger partial charge in [0, 0.05) is 6.54 Å². The normalized spacial score (nSPS) is 17.3. The van der Waals surface area contributed by atoms with Crippen LogP contribution in [0.25, 0.3) is 10.8 Å². The van der Waals surface area contributed by atoms with E-state index >= 15 is 0 Å². The largest absolute Gasteiger partial charge is 0.497 e. The van der Waals surface area contributed by atoms with Crippen LogP contribution in [0.15, 0.2) is 36.4 Å². The van der Waals surface area contributed by atoms with E-state index in [0.29, 0.717) is 12.5 Å². The van der Waals surface area contributed by atoms with Gasteiger partial charge >= 0.3 is 0 Å². The summed E-state index contributed by atoms with van der Waals surface area (Å²) in [6.45, 7) is 4.49. The molecule has 3 rings (SSSR count). The Morgan fingerprint density at radius 3 is 2.52 bits per heavy atom. The summed E-state index contributed by atoms with van der Waals surface area (Å²) in [7, 11) is 1.66. The van der Waals surface area contributed by atoms with Crippen LogP contribution in [-0.4, -0.2) is 25.1 Å². The average Bonchev–Trinajstić information content (AvgIpc) is 3.45. The molecule has 4 nitrogen and oxygen atoms in total. The fourth-order valence-electron chi connectivity index (χ4n) is 3.22. The van der Waals surface area contributed by atoms with E-state index in [1.165, 1.54) is 0 Å². The number of carbonyl (C=O) groups excluding carboxylic acids is 1. The first-order valence-corrected chi connectivity index (χ1v) is 8.56. The fraction of sp³-hybridized carbons (Fsp3) is 0.450. The first-order chi connectivity index (χ1) is 11.5. The number of hydrogen-bond donors (Lipinski definition) is 2. The van der Waals surface area contributed by atoms with Gasteiger partial charge in [0.25, 0.3) is 0 Å². The molecule has 136 valence electrons. The van der Waals surface area contributed by atoms with Crippen molar-refractivity contribution in [2.75, 3.05) is 13.7 Å². The monoisotopic (exact) mass is 362 g/mol. The minimum Gasteiger partial charge on any atom is -0.497 e. The Morgan fingerprint density at radius 1 is 1.28 bits per heavy atom. The fourth-order valence-corrected chi connectivity index (χ4v) is 3.22. The van der Waals surface area contributed by atoms with Crippen molar-refractivity contribution in [1.82, 2.24) is 5.32 Å². The SMILES string of the molecule is COc1ccc2cc(C(C)C(=O)NC(C)(CN)C3CC3)ccc2c1.Cl. The standard InChI is InChI=1S/C20H26N2O2.ClH/c1-13(19(23)22-20(2,12-21)17-7-8-17)14-4-5-16-11-18(24-3)9-6-15(16)10-14;/h4-6,9-11,13,17H,7-8,12,21H2,1-3H3,(H,22,23);1H. The predicted octanol–water partition coefficient (Wildman–Crippen LogP) is 3.62. The van der Waals surface area contributed by atoms with Gasteiger partial charge < -0.3 is 15.8 Å². The Labute approximate surface area is 155 Å². The van der Waals surface area contributed by atoms with E-state index in [1.54, 1.807) is 7.11 Å². The first-order valence-electron chi connectivity index (χ1n) is 8.56. The van der Waals surface area contributed by atoms with Gasteiger partial charge in [-0.15, -0.1) is 12.4 Å². The van der Waals surface area contributed by atoms with E-state index in [0.717, 1.165) is 34.9 Å². The highest BCUT2D eigenvalue weighted by molar-refractivity contribution is 5.88. The number of carbonyl (C=O) groups is 1. The smallest absolute Gasteiger partial charge is 0.227 e. The first kappa shape index (κ1) is 19.5. The molecule has 1 aliphatic rings. The van der Waals surface area contributed by atoms with Crippen molar-refractivity contribution in [3.05, 3.63) is 42.0 Å². The van der Waals surface area contributed by atoms with Crippen LogP contribution < -0.4 is 15.8 Å². The van der Waals surface area contributed by atoms with Gasteiger partial charge in [-0.05, 0) is 61.1 Å². The molecular formula is C20H27ClN2O2. The lowest BCUT2D eigenvalue weighted by molar-refractivity contribution is -0.124. The second-order valence-electron chi connectivity index (χ2n) is 7.08. The van der Waals surface area contributed by atoms with Gasteiger partial charge in [0.05, 0.1) is 18.6 Å². The topological polar surface area (TPSA) is 64.3 Å². The lowest BCUT2D eigenvalue weighted by atomic mass is 9.92. The summed E-state index contributed by atoms with van der Waals surface area (Å²) in [4.78, 5) is 12.7. The van der Waals surface area contributed by atoms with Crippen molar-refractivity contribution in [2.45, 2.75) is 38.1 Å². The maximum atomic E-state index is 12.7. The number of halogens is 1. The molecule has 3 N–H and O–H groups in total. The van der Waals surface area contributed by atoms with Crippen molar-refractivity contribution in [2.24, 2.45) is 11.7 Å². The molecule has 25 heavy (non-hydrogen) atoms. The Balaban J connectivity index is 0.00000225. The maximum Gasteiger partial charge on any atom is 0.227 e. The molecule has 1 amide bonds. The number of rotatable bonds is 6. The van der Waals surface area contributed by atoms with Gasteiger partial charge in [-0.3, -0.25) is 4.79 Å². The summed E-state index contributed by atoms with van der Waals surface area (Å²) < 4.78 is 5.26. The zero-order valence-corrected chi connectivity index (χ0v) is 15.9. The third kappa shape index (κ3) is 4.07. The zero-order chi connectivity index (χ0) is 17.3. The molecule has 0 aliphatic heterocycles. The second-order valence-corrected chi connectivity index (χ2v) is 7.08. The van der Waals surface area contributed by atoms with Crippen molar-refractivity contribution >= 4 is 29.1 Å². The van der Waals surface area contributed by atoms with E-state index in [2.05, 4.69) is 18.3 Å². The van der Waals surface area contributed by atoms with Crippen LogP contribution in [0, 0.1) is 5.92 Å². The van der Waals surface area contributed by atoms with Crippen molar-refractivity contribution in [3.8, 4) is 5.75 Å². The van der Waals surface area contributed by atoms with Crippen molar-refractivity contribution < 1.29 is 9.53 Å². The highest BCUT2D eigenvalue weighted by atomic mass is 35.5. The molecule has 0 saturated heterocycles. The van der Waals surface area contributed by atoms with E-state index in [9.17, 15) is 4.79 Å². The van der Waals surface area contributed by atoms with Crippen LogP contribution in [0.4, 0.5) is 0 Å². The summed E-state index contributed by atoms with van der Waals surface area (Å²) in [6.07, 6.45) is 2.31. The van der Waals surface area contributed by atoms with Crippen LogP contribution in [0.2, 0.25) is 0 Å². The molecule has 1 fully saturated rings. The number of hydrogen-bond acceptors (Lipinski definition) is 3. The molecule has 0 bridgehead atoms. The van der Waals surface area contributed by atoms with Crippen LogP contribution in [0.1, 0.15) is 38.2 Å². The summed E-state index contributed by atoms with van der Waals surface area (Å²) >= 11 is 0. The van der Waals surface area contributed by atoms with Gasteiger partial charge in [0.2, 0.25) is 5.91 Å². The number of ether oxygens (including phenoxy) is 1. The molecule has 2 unspecified atom stereocenters. The molecule has 2 aromatic carbocycles. The molecule has 1 saturated carbocycles.